The van der Waals surface area contributed by atoms with Gasteiger partial charge in [0.15, 0.2) is 5.16 Å². The van der Waals surface area contributed by atoms with Gasteiger partial charge in [-0.05, 0) is 37.1 Å². The highest BCUT2D eigenvalue weighted by Crippen LogP contribution is 2.33. The van der Waals surface area contributed by atoms with Crippen molar-refractivity contribution in [3.05, 3.63) is 42.7 Å². The zero-order valence-electron chi connectivity index (χ0n) is 16.3. The van der Waals surface area contributed by atoms with E-state index in [1.54, 1.807) is 6.08 Å². The molecule has 0 spiro atoms. The number of aromatic nitrogens is 3. The number of halogens is 3. The number of hydrogen-bond donors (Lipinski definition) is 1. The molecule has 0 bridgehead atoms. The zero-order valence-corrected chi connectivity index (χ0v) is 17.1. The molecule has 0 unspecified atom stereocenters. The molecule has 1 fully saturated rings. The maximum atomic E-state index is 12.3. The molecule has 1 aromatic heterocycles. The molecular weight excluding hydrogens is 417 g/mol. The molecule has 2 aromatic rings. The number of hydrogen-bond acceptors (Lipinski definition) is 5. The Hall–Kier alpha value is -2.49. The first-order chi connectivity index (χ1) is 14.4. The van der Waals surface area contributed by atoms with E-state index in [2.05, 4.69) is 26.8 Å². The smallest absolute Gasteiger partial charge is 0.406 e. The molecule has 1 amide bonds. The number of allylic oxidation sites excluding steroid dienone is 1. The van der Waals surface area contributed by atoms with E-state index in [1.165, 1.54) is 43.2 Å². The van der Waals surface area contributed by atoms with Gasteiger partial charge < -0.3 is 14.6 Å². The summed E-state index contributed by atoms with van der Waals surface area (Å²) in [5.41, 5.74) is 0.380. The van der Waals surface area contributed by atoms with E-state index >= 15 is 0 Å². The largest absolute Gasteiger partial charge is 0.573 e. The molecule has 1 aromatic carbocycles. The summed E-state index contributed by atoms with van der Waals surface area (Å²) in [6, 6.07) is 5.00. The average molecular weight is 440 g/mol. The molecule has 0 saturated heterocycles. The number of ether oxygens (including phenoxy) is 1. The van der Waals surface area contributed by atoms with Crippen molar-refractivity contribution in [3.8, 4) is 5.75 Å². The normalized spacial score (nSPS) is 15.0. The number of rotatable bonds is 8. The Kier molecular flexibility index (Phi) is 7.41. The maximum absolute atomic E-state index is 12.3. The maximum Gasteiger partial charge on any atom is 0.573 e. The van der Waals surface area contributed by atoms with Gasteiger partial charge in [0, 0.05) is 18.2 Å². The standard InChI is InChI=1S/C20H23F3N4O2S/c1-2-12-27-18(14-6-4-3-5-7-14)25-26-19(27)30-13-17(28)24-15-8-10-16(11-9-15)29-20(21,22)23/h2,8-11,14H,1,3-7,12-13H2,(H,24,28). The van der Waals surface area contributed by atoms with Gasteiger partial charge >= 0.3 is 6.36 Å². The van der Waals surface area contributed by atoms with E-state index in [9.17, 15) is 18.0 Å². The molecule has 162 valence electrons. The average Bonchev–Trinajstić information content (AvgIpc) is 3.10. The van der Waals surface area contributed by atoms with Crippen LogP contribution in [0.3, 0.4) is 0 Å². The van der Waals surface area contributed by atoms with E-state index in [1.807, 2.05) is 4.57 Å². The van der Waals surface area contributed by atoms with Crippen molar-refractivity contribution in [2.24, 2.45) is 0 Å². The third-order valence-electron chi connectivity index (χ3n) is 4.73. The summed E-state index contributed by atoms with van der Waals surface area (Å²) in [4.78, 5) is 12.3. The summed E-state index contributed by atoms with van der Waals surface area (Å²) in [6.45, 7) is 4.37. The molecule has 0 atom stereocenters. The number of carbonyl (C=O) groups excluding carboxylic acids is 1. The van der Waals surface area contributed by atoms with Gasteiger partial charge in [0.1, 0.15) is 11.6 Å². The van der Waals surface area contributed by atoms with Crippen LogP contribution in [0.2, 0.25) is 0 Å². The minimum absolute atomic E-state index is 0.0980. The van der Waals surface area contributed by atoms with Crippen LogP contribution < -0.4 is 10.1 Å². The van der Waals surface area contributed by atoms with Crippen LogP contribution in [0.25, 0.3) is 0 Å². The van der Waals surface area contributed by atoms with Crippen molar-refractivity contribution in [2.45, 2.75) is 56.1 Å². The second-order valence-electron chi connectivity index (χ2n) is 6.98. The van der Waals surface area contributed by atoms with Crippen LogP contribution in [0.15, 0.2) is 42.1 Å². The number of thioether (sulfide) groups is 1. The molecule has 3 rings (SSSR count). The Morgan fingerprint density at radius 2 is 1.93 bits per heavy atom. The third kappa shape index (κ3) is 6.25. The Bertz CT molecular complexity index is 862. The highest BCUT2D eigenvalue weighted by Gasteiger charge is 2.31. The van der Waals surface area contributed by atoms with Gasteiger partial charge in [-0.25, -0.2) is 0 Å². The van der Waals surface area contributed by atoms with Gasteiger partial charge in [-0.2, -0.15) is 0 Å². The molecule has 1 heterocycles. The number of carbonyl (C=O) groups is 1. The quantitative estimate of drug-likeness (QED) is 0.455. The lowest BCUT2D eigenvalue weighted by Crippen LogP contribution is -2.17. The van der Waals surface area contributed by atoms with Crippen molar-refractivity contribution in [3.63, 3.8) is 0 Å². The van der Waals surface area contributed by atoms with E-state index in [4.69, 9.17) is 0 Å². The van der Waals surface area contributed by atoms with Crippen LogP contribution in [0, 0.1) is 0 Å². The van der Waals surface area contributed by atoms with E-state index < -0.39 is 6.36 Å². The van der Waals surface area contributed by atoms with Gasteiger partial charge in [-0.1, -0.05) is 37.1 Å². The summed E-state index contributed by atoms with van der Waals surface area (Å²) >= 11 is 1.27. The molecule has 1 aliphatic rings. The van der Waals surface area contributed by atoms with Crippen LogP contribution in [-0.4, -0.2) is 32.8 Å². The molecule has 1 N–H and O–H groups in total. The highest BCUT2D eigenvalue weighted by atomic mass is 32.2. The molecule has 6 nitrogen and oxygen atoms in total. The van der Waals surface area contributed by atoms with Crippen molar-refractivity contribution >= 4 is 23.4 Å². The Labute approximate surface area is 176 Å². The predicted octanol–water partition coefficient (Wildman–Crippen LogP) is 5.14. The first kappa shape index (κ1) is 22.2. The lowest BCUT2D eigenvalue weighted by molar-refractivity contribution is -0.274. The molecule has 30 heavy (non-hydrogen) atoms. The fourth-order valence-corrected chi connectivity index (χ4v) is 4.19. The van der Waals surface area contributed by atoms with Crippen molar-refractivity contribution in [1.82, 2.24) is 14.8 Å². The lowest BCUT2D eigenvalue weighted by atomic mass is 9.89. The SMILES string of the molecule is C=CCn1c(SCC(=O)Nc2ccc(OC(F)(F)F)cc2)nnc1C1CCCCC1. The summed E-state index contributed by atoms with van der Waals surface area (Å²) in [7, 11) is 0. The van der Waals surface area contributed by atoms with Gasteiger partial charge in [-0.3, -0.25) is 4.79 Å². The first-order valence-corrected chi connectivity index (χ1v) is 10.7. The van der Waals surface area contributed by atoms with Gasteiger partial charge in [0.25, 0.3) is 0 Å². The number of benzene rings is 1. The summed E-state index contributed by atoms with van der Waals surface area (Å²) in [5, 5.41) is 11.9. The third-order valence-corrected chi connectivity index (χ3v) is 5.70. The topological polar surface area (TPSA) is 69.0 Å². The molecule has 1 aliphatic carbocycles. The number of amides is 1. The van der Waals surface area contributed by atoms with Crippen LogP contribution in [0.5, 0.6) is 5.75 Å². The lowest BCUT2D eigenvalue weighted by Gasteiger charge is -2.21. The molecular formula is C20H23F3N4O2S. The van der Waals surface area contributed by atoms with Crippen molar-refractivity contribution in [2.75, 3.05) is 11.1 Å². The molecule has 0 radical (unpaired) electrons. The van der Waals surface area contributed by atoms with E-state index in [-0.39, 0.29) is 17.4 Å². The Balaban J connectivity index is 1.57. The minimum Gasteiger partial charge on any atom is -0.406 e. The summed E-state index contributed by atoms with van der Waals surface area (Å²) in [6.07, 6.45) is 2.83. The number of anilines is 1. The molecule has 1 saturated carbocycles. The number of nitrogens with zero attached hydrogens (tertiary/aromatic N) is 3. The van der Waals surface area contributed by atoms with Crippen LogP contribution in [-0.2, 0) is 11.3 Å². The molecule has 10 heteroatoms. The Morgan fingerprint density at radius 3 is 2.57 bits per heavy atom. The monoisotopic (exact) mass is 440 g/mol. The highest BCUT2D eigenvalue weighted by molar-refractivity contribution is 7.99. The van der Waals surface area contributed by atoms with Gasteiger partial charge in [0.2, 0.25) is 5.91 Å². The van der Waals surface area contributed by atoms with Crippen LogP contribution in [0.1, 0.15) is 43.8 Å². The van der Waals surface area contributed by atoms with Gasteiger partial charge in [0.05, 0.1) is 5.75 Å². The van der Waals surface area contributed by atoms with Gasteiger partial charge in [-0.15, -0.1) is 29.9 Å². The van der Waals surface area contributed by atoms with Crippen molar-refractivity contribution in [1.29, 1.82) is 0 Å². The number of nitrogens with one attached hydrogen (secondary N) is 1. The Morgan fingerprint density at radius 1 is 1.23 bits per heavy atom. The summed E-state index contributed by atoms with van der Waals surface area (Å²) in [5.74, 6) is 0.782. The van der Waals surface area contributed by atoms with Crippen LogP contribution in [0.4, 0.5) is 18.9 Å². The zero-order chi connectivity index (χ0) is 21.6. The minimum atomic E-state index is -4.75. The van der Waals surface area contributed by atoms with Crippen molar-refractivity contribution < 1.29 is 22.7 Å². The first-order valence-electron chi connectivity index (χ1n) is 9.68. The van der Waals surface area contributed by atoms with Crippen LogP contribution >= 0.6 is 11.8 Å². The fraction of sp³-hybridized carbons (Fsp3) is 0.450. The fourth-order valence-electron chi connectivity index (χ4n) is 3.44. The van der Waals surface area contributed by atoms with E-state index in [0.717, 1.165) is 30.8 Å². The summed E-state index contributed by atoms with van der Waals surface area (Å²) < 4.78 is 42.4. The predicted molar refractivity (Wildman–Crippen MR) is 109 cm³/mol. The van der Waals surface area contributed by atoms with E-state index in [0.29, 0.717) is 23.3 Å². The number of alkyl halides is 3. The molecule has 0 aliphatic heterocycles. The second kappa shape index (κ2) is 10.0. The second-order valence-corrected chi connectivity index (χ2v) is 7.93.